The number of ether oxygens (including phenoxy) is 1. The SMILES string of the molecule is CCOC(C)c1nc(CNc2c(F)cccc2N2CCCC2)cs1. The van der Waals surface area contributed by atoms with Gasteiger partial charge >= 0.3 is 0 Å². The van der Waals surface area contributed by atoms with Crippen LogP contribution in [0.15, 0.2) is 23.6 Å². The second kappa shape index (κ2) is 7.94. The number of benzene rings is 1. The maximum absolute atomic E-state index is 14.3. The van der Waals surface area contributed by atoms with Gasteiger partial charge in [0.05, 0.1) is 23.6 Å². The number of hydrogen-bond donors (Lipinski definition) is 1. The Bertz CT molecular complexity index is 670. The smallest absolute Gasteiger partial charge is 0.148 e. The molecule has 1 unspecified atom stereocenters. The summed E-state index contributed by atoms with van der Waals surface area (Å²) >= 11 is 1.59. The second-order valence-electron chi connectivity index (χ2n) is 5.96. The molecule has 1 aromatic heterocycles. The Balaban J connectivity index is 1.70. The predicted octanol–water partition coefficient (Wildman–Crippen LogP) is 4.59. The second-order valence-corrected chi connectivity index (χ2v) is 6.85. The summed E-state index contributed by atoms with van der Waals surface area (Å²) in [7, 11) is 0. The van der Waals surface area contributed by atoms with Crippen molar-refractivity contribution in [2.75, 3.05) is 29.9 Å². The number of para-hydroxylation sites is 1. The van der Waals surface area contributed by atoms with Crippen LogP contribution in [0.4, 0.5) is 15.8 Å². The van der Waals surface area contributed by atoms with Crippen molar-refractivity contribution >= 4 is 22.7 Å². The summed E-state index contributed by atoms with van der Waals surface area (Å²) in [5.74, 6) is -0.211. The fourth-order valence-corrected chi connectivity index (χ4v) is 3.82. The van der Waals surface area contributed by atoms with Crippen LogP contribution in [-0.4, -0.2) is 24.7 Å². The molecule has 0 bridgehead atoms. The van der Waals surface area contributed by atoms with E-state index in [0.717, 1.165) is 29.5 Å². The summed E-state index contributed by atoms with van der Waals surface area (Å²) in [6.07, 6.45) is 2.34. The van der Waals surface area contributed by atoms with Gasteiger partial charge in [-0.05, 0) is 38.8 Å². The average molecular weight is 349 g/mol. The zero-order chi connectivity index (χ0) is 16.9. The Morgan fingerprint density at radius 1 is 1.38 bits per heavy atom. The average Bonchev–Trinajstić information content (AvgIpc) is 3.25. The lowest BCUT2D eigenvalue weighted by atomic mass is 10.2. The standard InChI is InChI=1S/C18H24FN3OS/c1-3-23-13(2)18-21-14(12-24-18)11-20-17-15(19)7-6-8-16(17)22-9-4-5-10-22/h6-8,12-13,20H,3-5,9-11H2,1-2H3. The highest BCUT2D eigenvalue weighted by molar-refractivity contribution is 7.09. The van der Waals surface area contributed by atoms with Crippen LogP contribution in [-0.2, 0) is 11.3 Å². The number of halogens is 1. The topological polar surface area (TPSA) is 37.4 Å². The van der Waals surface area contributed by atoms with Crippen molar-refractivity contribution in [3.63, 3.8) is 0 Å². The first-order valence-corrected chi connectivity index (χ1v) is 9.40. The molecule has 4 nitrogen and oxygen atoms in total. The van der Waals surface area contributed by atoms with E-state index in [1.54, 1.807) is 17.4 Å². The number of anilines is 2. The zero-order valence-corrected chi connectivity index (χ0v) is 15.0. The fraction of sp³-hybridized carbons (Fsp3) is 0.500. The van der Waals surface area contributed by atoms with Crippen LogP contribution in [0.25, 0.3) is 0 Å². The minimum absolute atomic E-state index is 0.00220. The van der Waals surface area contributed by atoms with Gasteiger partial charge in [-0.3, -0.25) is 0 Å². The van der Waals surface area contributed by atoms with Gasteiger partial charge in [0.15, 0.2) is 0 Å². The molecule has 0 aliphatic carbocycles. The molecular weight excluding hydrogens is 325 g/mol. The van der Waals surface area contributed by atoms with Gasteiger partial charge in [0.2, 0.25) is 0 Å². The molecule has 130 valence electrons. The minimum atomic E-state index is -0.211. The Labute approximate surface area is 146 Å². The summed E-state index contributed by atoms with van der Waals surface area (Å²) in [5, 5.41) is 6.21. The van der Waals surface area contributed by atoms with E-state index in [9.17, 15) is 4.39 Å². The first kappa shape index (κ1) is 17.2. The number of hydrogen-bond acceptors (Lipinski definition) is 5. The van der Waals surface area contributed by atoms with Gasteiger partial charge in [0.25, 0.3) is 0 Å². The third-order valence-electron chi connectivity index (χ3n) is 4.22. The van der Waals surface area contributed by atoms with E-state index >= 15 is 0 Å². The van der Waals surface area contributed by atoms with Gasteiger partial charge in [0, 0.05) is 25.1 Å². The predicted molar refractivity (Wildman–Crippen MR) is 97.3 cm³/mol. The van der Waals surface area contributed by atoms with E-state index < -0.39 is 0 Å². The van der Waals surface area contributed by atoms with Crippen molar-refractivity contribution < 1.29 is 9.13 Å². The third kappa shape index (κ3) is 3.87. The van der Waals surface area contributed by atoms with Crippen LogP contribution in [0, 0.1) is 5.82 Å². The fourth-order valence-electron chi connectivity index (χ4n) is 3.00. The molecule has 1 saturated heterocycles. The highest BCUT2D eigenvalue weighted by Gasteiger charge is 2.18. The summed E-state index contributed by atoms with van der Waals surface area (Å²) in [4.78, 5) is 6.84. The third-order valence-corrected chi connectivity index (χ3v) is 5.27. The Morgan fingerprint density at radius 3 is 2.92 bits per heavy atom. The number of nitrogens with one attached hydrogen (secondary N) is 1. The molecule has 1 N–H and O–H groups in total. The lowest BCUT2D eigenvalue weighted by Crippen LogP contribution is -2.20. The van der Waals surface area contributed by atoms with Crippen LogP contribution in [0.5, 0.6) is 0 Å². The number of rotatable bonds is 7. The molecule has 0 radical (unpaired) electrons. The monoisotopic (exact) mass is 349 g/mol. The molecule has 2 heterocycles. The Morgan fingerprint density at radius 2 is 2.17 bits per heavy atom. The normalized spacial score (nSPS) is 15.7. The molecule has 1 aliphatic heterocycles. The van der Waals surface area contributed by atoms with Gasteiger partial charge in [-0.2, -0.15) is 0 Å². The summed E-state index contributed by atoms with van der Waals surface area (Å²) < 4.78 is 19.9. The molecule has 0 amide bonds. The van der Waals surface area contributed by atoms with Crippen LogP contribution >= 0.6 is 11.3 Å². The van der Waals surface area contributed by atoms with Crippen LogP contribution in [0.2, 0.25) is 0 Å². The molecule has 1 atom stereocenters. The molecule has 2 aromatic rings. The lowest BCUT2D eigenvalue weighted by Gasteiger charge is -2.22. The quantitative estimate of drug-likeness (QED) is 0.793. The lowest BCUT2D eigenvalue weighted by molar-refractivity contribution is 0.0761. The molecule has 1 aromatic carbocycles. The van der Waals surface area contributed by atoms with E-state index in [4.69, 9.17) is 4.74 Å². The van der Waals surface area contributed by atoms with E-state index in [1.807, 2.05) is 25.3 Å². The Kier molecular flexibility index (Phi) is 5.68. The van der Waals surface area contributed by atoms with Crippen LogP contribution in [0.3, 0.4) is 0 Å². The maximum Gasteiger partial charge on any atom is 0.148 e. The van der Waals surface area contributed by atoms with E-state index in [2.05, 4.69) is 15.2 Å². The van der Waals surface area contributed by atoms with Gasteiger partial charge in [0.1, 0.15) is 16.9 Å². The van der Waals surface area contributed by atoms with E-state index in [-0.39, 0.29) is 11.9 Å². The van der Waals surface area contributed by atoms with Crippen molar-refractivity contribution in [2.45, 2.75) is 39.3 Å². The molecule has 3 rings (SSSR count). The van der Waals surface area contributed by atoms with Gasteiger partial charge < -0.3 is 15.0 Å². The number of thiazole rings is 1. The van der Waals surface area contributed by atoms with Crippen molar-refractivity contribution in [1.29, 1.82) is 0 Å². The Hall–Kier alpha value is -1.66. The van der Waals surface area contributed by atoms with Crippen molar-refractivity contribution in [2.24, 2.45) is 0 Å². The minimum Gasteiger partial charge on any atom is -0.375 e. The number of nitrogens with zero attached hydrogens (tertiary/aromatic N) is 2. The molecular formula is C18H24FN3OS. The van der Waals surface area contributed by atoms with E-state index in [1.165, 1.54) is 18.9 Å². The highest BCUT2D eigenvalue weighted by atomic mass is 32.1. The van der Waals surface area contributed by atoms with Gasteiger partial charge in [-0.1, -0.05) is 6.07 Å². The summed E-state index contributed by atoms with van der Waals surface area (Å²) in [6.45, 7) is 7.14. The molecule has 6 heteroatoms. The van der Waals surface area contributed by atoms with E-state index in [0.29, 0.717) is 18.8 Å². The highest BCUT2D eigenvalue weighted by Crippen LogP contribution is 2.31. The van der Waals surface area contributed by atoms with Crippen LogP contribution < -0.4 is 10.2 Å². The van der Waals surface area contributed by atoms with Gasteiger partial charge in [-0.15, -0.1) is 11.3 Å². The summed E-state index contributed by atoms with van der Waals surface area (Å²) in [6, 6.07) is 5.27. The van der Waals surface area contributed by atoms with Crippen molar-refractivity contribution in [1.82, 2.24) is 4.98 Å². The zero-order valence-electron chi connectivity index (χ0n) is 14.2. The molecule has 1 aliphatic rings. The summed E-state index contributed by atoms with van der Waals surface area (Å²) in [5.41, 5.74) is 2.44. The largest absolute Gasteiger partial charge is 0.375 e. The molecule has 1 fully saturated rings. The number of aromatic nitrogens is 1. The van der Waals surface area contributed by atoms with Crippen LogP contribution in [0.1, 0.15) is 43.5 Å². The van der Waals surface area contributed by atoms with Crippen molar-refractivity contribution in [3.05, 3.63) is 40.1 Å². The molecule has 24 heavy (non-hydrogen) atoms. The van der Waals surface area contributed by atoms with Crippen molar-refractivity contribution in [3.8, 4) is 0 Å². The first-order valence-electron chi connectivity index (χ1n) is 8.52. The maximum atomic E-state index is 14.3. The molecule has 0 saturated carbocycles. The first-order chi connectivity index (χ1) is 11.7. The molecule has 0 spiro atoms. The van der Waals surface area contributed by atoms with Gasteiger partial charge in [-0.25, -0.2) is 9.37 Å².